The molecule has 2 N–H and O–H groups in total. The quantitative estimate of drug-likeness (QED) is 0.654. The van der Waals surface area contributed by atoms with Crippen LogP contribution in [0.1, 0.15) is 0 Å². The third kappa shape index (κ3) is 4.43. The molecule has 104 valence electrons. The molecule has 2 rings (SSSR count). The van der Waals surface area contributed by atoms with E-state index in [-0.39, 0.29) is 17.2 Å². The van der Waals surface area contributed by atoms with Crippen LogP contribution in [-0.2, 0) is 4.79 Å². The zero-order valence-corrected chi connectivity index (χ0v) is 12.4. The molecule has 1 aromatic carbocycles. The van der Waals surface area contributed by atoms with Crippen molar-refractivity contribution in [3.05, 3.63) is 46.9 Å². The largest absolute Gasteiger partial charge is 0.325 e. The fraction of sp³-hybridized carbons (Fsp3) is 0.154. The molecule has 1 heterocycles. The molecule has 2 aromatic rings. The summed E-state index contributed by atoms with van der Waals surface area (Å²) in [5.74, 6) is 0.0518. The van der Waals surface area contributed by atoms with Crippen LogP contribution in [0.15, 0.2) is 51.4 Å². The highest BCUT2D eigenvalue weighted by molar-refractivity contribution is 7.99. The number of carbonyl (C=O) groups excluding carboxylic acids is 1. The van der Waals surface area contributed by atoms with Gasteiger partial charge in [-0.25, -0.2) is 4.98 Å². The van der Waals surface area contributed by atoms with Gasteiger partial charge in [-0.3, -0.25) is 9.59 Å². The molecule has 0 radical (unpaired) electrons. The molecule has 0 fully saturated rings. The maximum atomic E-state index is 11.8. The monoisotopic (exact) mass is 307 g/mol. The molecule has 0 saturated heterocycles. The fourth-order valence-corrected chi connectivity index (χ4v) is 2.56. The Kier molecular flexibility index (Phi) is 5.25. The molecular weight excluding hydrogens is 294 g/mol. The molecule has 20 heavy (non-hydrogen) atoms. The molecule has 0 saturated carbocycles. The number of nitrogens with zero attached hydrogens (tertiary/aromatic N) is 1. The minimum atomic E-state index is -0.226. The van der Waals surface area contributed by atoms with Gasteiger partial charge in [0.25, 0.3) is 5.56 Å². The maximum absolute atomic E-state index is 11.8. The average molecular weight is 307 g/mol. The Bertz CT molecular complexity index is 658. The molecule has 0 spiro atoms. The first-order valence-electron chi connectivity index (χ1n) is 5.79. The van der Waals surface area contributed by atoms with E-state index in [9.17, 15) is 9.59 Å². The predicted octanol–water partition coefficient (Wildman–Crippen LogP) is 2.22. The second-order valence-corrected chi connectivity index (χ2v) is 5.65. The Balaban J connectivity index is 1.90. The van der Waals surface area contributed by atoms with E-state index >= 15 is 0 Å². The Morgan fingerprint density at radius 2 is 2.25 bits per heavy atom. The molecule has 7 heteroatoms. The minimum absolute atomic E-state index is 0.139. The topological polar surface area (TPSA) is 74.8 Å². The van der Waals surface area contributed by atoms with Crippen LogP contribution >= 0.6 is 23.5 Å². The van der Waals surface area contributed by atoms with Crippen LogP contribution in [-0.4, -0.2) is 27.9 Å². The van der Waals surface area contributed by atoms with Gasteiger partial charge in [0.05, 0.1) is 5.75 Å². The van der Waals surface area contributed by atoms with E-state index in [0.29, 0.717) is 5.16 Å². The van der Waals surface area contributed by atoms with Gasteiger partial charge < -0.3 is 10.3 Å². The number of H-pyrrole nitrogens is 1. The van der Waals surface area contributed by atoms with E-state index in [0.717, 1.165) is 10.6 Å². The summed E-state index contributed by atoms with van der Waals surface area (Å²) in [5, 5.41) is 3.24. The van der Waals surface area contributed by atoms with Gasteiger partial charge in [0.1, 0.15) is 0 Å². The van der Waals surface area contributed by atoms with E-state index < -0.39 is 0 Å². The highest BCUT2D eigenvalue weighted by Gasteiger charge is 2.05. The number of hydrogen-bond donors (Lipinski definition) is 2. The number of anilines is 1. The Morgan fingerprint density at radius 1 is 1.40 bits per heavy atom. The van der Waals surface area contributed by atoms with Gasteiger partial charge in [-0.05, 0) is 24.5 Å². The lowest BCUT2D eigenvalue weighted by Crippen LogP contribution is -2.15. The molecule has 0 bridgehead atoms. The second-order valence-electron chi connectivity index (χ2n) is 3.81. The molecule has 0 atom stereocenters. The van der Waals surface area contributed by atoms with Gasteiger partial charge >= 0.3 is 0 Å². The lowest BCUT2D eigenvalue weighted by atomic mass is 10.3. The van der Waals surface area contributed by atoms with Gasteiger partial charge in [-0.2, -0.15) is 0 Å². The molecule has 5 nitrogen and oxygen atoms in total. The zero-order valence-electron chi connectivity index (χ0n) is 10.8. The lowest BCUT2D eigenvalue weighted by Gasteiger charge is -2.06. The van der Waals surface area contributed by atoms with Crippen molar-refractivity contribution in [2.24, 2.45) is 0 Å². The summed E-state index contributed by atoms with van der Waals surface area (Å²) in [6.07, 6.45) is 3.40. The van der Waals surface area contributed by atoms with Crippen molar-refractivity contribution in [2.75, 3.05) is 17.3 Å². The van der Waals surface area contributed by atoms with Gasteiger partial charge in [-0.1, -0.05) is 17.8 Å². The second kappa shape index (κ2) is 7.16. The molecule has 0 unspecified atom stereocenters. The molecule has 0 aliphatic rings. The van der Waals surface area contributed by atoms with Crippen molar-refractivity contribution in [3.8, 4) is 0 Å². The van der Waals surface area contributed by atoms with E-state index in [1.165, 1.54) is 24.0 Å². The molecule has 1 aromatic heterocycles. The summed E-state index contributed by atoms with van der Waals surface area (Å²) in [6.45, 7) is 0. The van der Waals surface area contributed by atoms with E-state index in [1.807, 2.05) is 30.5 Å². The molecular formula is C13H13N3O2S2. The van der Waals surface area contributed by atoms with Gasteiger partial charge in [0.15, 0.2) is 5.16 Å². The number of thioether (sulfide) groups is 2. The number of rotatable bonds is 5. The average Bonchev–Trinajstić information content (AvgIpc) is 2.45. The number of aromatic nitrogens is 2. The fourth-order valence-electron chi connectivity index (χ4n) is 1.46. The van der Waals surface area contributed by atoms with E-state index in [1.54, 1.807) is 11.8 Å². The highest BCUT2D eigenvalue weighted by atomic mass is 32.2. The van der Waals surface area contributed by atoms with Gasteiger partial charge in [0, 0.05) is 22.8 Å². The van der Waals surface area contributed by atoms with Crippen molar-refractivity contribution in [1.82, 2.24) is 9.97 Å². The van der Waals surface area contributed by atoms with Crippen LogP contribution < -0.4 is 10.9 Å². The minimum Gasteiger partial charge on any atom is -0.325 e. The standard InChI is InChI=1S/C13H13N3O2S2/c1-19-10-4-2-3-9(7-10)15-12(18)8-20-13-14-6-5-11(17)16-13/h2-7H,8H2,1H3,(H,15,18)(H,14,16,17). The Hall–Kier alpha value is -1.73. The molecule has 1 amide bonds. The Labute approximate surface area is 124 Å². The van der Waals surface area contributed by atoms with E-state index in [2.05, 4.69) is 15.3 Å². The summed E-state index contributed by atoms with van der Waals surface area (Å²) < 4.78 is 0. The van der Waals surface area contributed by atoms with Crippen LogP contribution in [0.3, 0.4) is 0 Å². The summed E-state index contributed by atoms with van der Waals surface area (Å²) >= 11 is 2.80. The third-order valence-corrected chi connectivity index (χ3v) is 3.95. The predicted molar refractivity (Wildman–Crippen MR) is 82.4 cm³/mol. The van der Waals surface area contributed by atoms with Crippen molar-refractivity contribution < 1.29 is 4.79 Å². The number of amides is 1. The third-order valence-electron chi connectivity index (χ3n) is 2.34. The van der Waals surface area contributed by atoms with Gasteiger partial charge in [-0.15, -0.1) is 11.8 Å². The van der Waals surface area contributed by atoms with Crippen molar-refractivity contribution in [1.29, 1.82) is 0 Å². The van der Waals surface area contributed by atoms with Gasteiger partial charge in [0.2, 0.25) is 5.91 Å². The maximum Gasteiger partial charge on any atom is 0.251 e. The summed E-state index contributed by atoms with van der Waals surface area (Å²) in [7, 11) is 0. The Morgan fingerprint density at radius 3 is 3.00 bits per heavy atom. The lowest BCUT2D eigenvalue weighted by molar-refractivity contribution is -0.113. The van der Waals surface area contributed by atoms with Crippen LogP contribution in [0.2, 0.25) is 0 Å². The van der Waals surface area contributed by atoms with Crippen molar-refractivity contribution >= 4 is 35.1 Å². The summed E-state index contributed by atoms with van der Waals surface area (Å²) in [5.41, 5.74) is 0.535. The first-order chi connectivity index (χ1) is 9.67. The number of hydrogen-bond acceptors (Lipinski definition) is 5. The highest BCUT2D eigenvalue weighted by Crippen LogP contribution is 2.19. The first kappa shape index (κ1) is 14.7. The first-order valence-corrected chi connectivity index (χ1v) is 8.00. The van der Waals surface area contributed by atoms with Crippen LogP contribution in [0.5, 0.6) is 0 Å². The molecule has 0 aliphatic carbocycles. The smallest absolute Gasteiger partial charge is 0.251 e. The van der Waals surface area contributed by atoms with Crippen LogP contribution in [0, 0.1) is 0 Å². The number of nitrogens with one attached hydrogen (secondary N) is 2. The molecule has 0 aliphatic heterocycles. The number of carbonyl (C=O) groups is 1. The van der Waals surface area contributed by atoms with Crippen LogP contribution in [0.25, 0.3) is 0 Å². The van der Waals surface area contributed by atoms with Crippen LogP contribution in [0.4, 0.5) is 5.69 Å². The SMILES string of the molecule is CSc1cccc(NC(=O)CSc2nccc(=O)[nH]2)c1. The summed E-state index contributed by atoms with van der Waals surface area (Å²) in [4.78, 5) is 30.5. The van der Waals surface area contributed by atoms with E-state index in [4.69, 9.17) is 0 Å². The normalized spacial score (nSPS) is 10.2. The van der Waals surface area contributed by atoms with Crippen molar-refractivity contribution in [3.63, 3.8) is 0 Å². The van der Waals surface area contributed by atoms with Crippen molar-refractivity contribution in [2.45, 2.75) is 10.1 Å². The summed E-state index contributed by atoms with van der Waals surface area (Å²) in [6, 6.07) is 8.96. The number of benzene rings is 1. The zero-order chi connectivity index (χ0) is 14.4. The number of aromatic amines is 1.